The zero-order valence-electron chi connectivity index (χ0n) is 18.3. The molecule has 1 saturated carbocycles. The topological polar surface area (TPSA) is 82.6 Å². The van der Waals surface area contributed by atoms with E-state index in [1.54, 1.807) is 0 Å². The molecular formula is C23H35BrN4O2. The van der Waals surface area contributed by atoms with Crippen molar-refractivity contribution in [3.63, 3.8) is 0 Å². The summed E-state index contributed by atoms with van der Waals surface area (Å²) in [6.45, 7) is 7.44. The number of benzene rings is 1. The second-order valence-corrected chi connectivity index (χ2v) is 8.85. The minimum atomic E-state index is -0.269. The number of halogens is 1. The Morgan fingerprint density at radius 3 is 2.40 bits per heavy atom. The van der Waals surface area contributed by atoms with Crippen LogP contribution in [-0.4, -0.2) is 29.5 Å². The largest absolute Gasteiger partial charge is 0.352 e. The average Bonchev–Trinajstić information content (AvgIpc) is 2.77. The van der Waals surface area contributed by atoms with Gasteiger partial charge in [-0.15, -0.1) is 0 Å². The summed E-state index contributed by atoms with van der Waals surface area (Å²) in [6.07, 6.45) is 4.62. The van der Waals surface area contributed by atoms with Crippen LogP contribution in [0.3, 0.4) is 0 Å². The molecule has 0 aliphatic heterocycles. The van der Waals surface area contributed by atoms with Crippen molar-refractivity contribution in [1.29, 1.82) is 0 Å². The van der Waals surface area contributed by atoms with Gasteiger partial charge in [0, 0.05) is 24.3 Å². The van der Waals surface area contributed by atoms with Crippen molar-refractivity contribution >= 4 is 33.6 Å². The van der Waals surface area contributed by atoms with Crippen LogP contribution in [0.4, 0.5) is 4.79 Å². The maximum absolute atomic E-state index is 12.5. The summed E-state index contributed by atoms with van der Waals surface area (Å²) in [5.74, 6) is 0.951. The Labute approximate surface area is 188 Å². The predicted octanol–water partition coefficient (Wildman–Crippen LogP) is 4.51. The number of aryl methyl sites for hydroxylation is 1. The molecule has 30 heavy (non-hydrogen) atoms. The third-order valence-electron chi connectivity index (χ3n) is 5.98. The molecular weight excluding hydrogens is 444 g/mol. The highest BCUT2D eigenvalue weighted by Crippen LogP contribution is 2.28. The first-order chi connectivity index (χ1) is 14.4. The maximum atomic E-state index is 12.5. The summed E-state index contributed by atoms with van der Waals surface area (Å²) in [5.41, 5.74) is 5.87. The maximum Gasteiger partial charge on any atom is 0.335 e. The lowest BCUT2D eigenvalue weighted by Gasteiger charge is -2.27. The molecule has 6 nitrogen and oxygen atoms in total. The van der Waals surface area contributed by atoms with Gasteiger partial charge in [-0.1, -0.05) is 59.6 Å². The van der Waals surface area contributed by atoms with E-state index in [1.165, 1.54) is 5.56 Å². The van der Waals surface area contributed by atoms with Crippen molar-refractivity contribution in [3.8, 4) is 0 Å². The van der Waals surface area contributed by atoms with Crippen LogP contribution in [0.5, 0.6) is 0 Å². The number of nitrogens with zero attached hydrogens (tertiary/aromatic N) is 1. The van der Waals surface area contributed by atoms with Crippen LogP contribution in [0.25, 0.3) is 0 Å². The molecule has 0 spiro atoms. The first-order valence-electron chi connectivity index (χ1n) is 10.9. The minimum absolute atomic E-state index is 0.0714. The van der Waals surface area contributed by atoms with Crippen LogP contribution in [0.1, 0.15) is 57.1 Å². The van der Waals surface area contributed by atoms with Gasteiger partial charge in [-0.3, -0.25) is 4.79 Å². The molecule has 0 aromatic heterocycles. The van der Waals surface area contributed by atoms with E-state index in [2.05, 4.69) is 82.1 Å². The molecule has 166 valence electrons. The third-order valence-corrected chi connectivity index (χ3v) is 6.55. The zero-order valence-corrected chi connectivity index (χ0v) is 19.9. The molecule has 7 heteroatoms. The first kappa shape index (κ1) is 24.4. The molecule has 3 N–H and O–H groups in total. The van der Waals surface area contributed by atoms with Gasteiger partial charge < -0.3 is 10.6 Å². The van der Waals surface area contributed by atoms with Crippen molar-refractivity contribution in [2.24, 2.45) is 22.9 Å². The second kappa shape index (κ2) is 12.7. The number of alkyl halides is 1. The summed E-state index contributed by atoms with van der Waals surface area (Å²) in [7, 11) is 0. The number of hydrogen-bond donors (Lipinski definition) is 3. The van der Waals surface area contributed by atoms with Gasteiger partial charge in [-0.05, 0) is 56.4 Å². The fourth-order valence-corrected chi connectivity index (χ4v) is 4.25. The fraction of sp³-hybridized carbons (Fsp3) is 0.609. The van der Waals surface area contributed by atoms with E-state index in [0.29, 0.717) is 30.3 Å². The zero-order chi connectivity index (χ0) is 21.9. The number of urea groups is 1. The van der Waals surface area contributed by atoms with Crippen LogP contribution in [-0.2, 0) is 11.3 Å². The van der Waals surface area contributed by atoms with Crippen molar-refractivity contribution in [2.75, 3.05) is 11.9 Å². The summed E-state index contributed by atoms with van der Waals surface area (Å²) >= 11 is 3.42. The SMILES string of the molecule is CC[C@H](C)/C(CBr)=N\NC(=O)NCC1CCC(C(=O)NCc2ccc(C)cc2)CC1. The van der Waals surface area contributed by atoms with E-state index >= 15 is 0 Å². The predicted molar refractivity (Wildman–Crippen MR) is 126 cm³/mol. The van der Waals surface area contributed by atoms with Gasteiger partial charge in [-0.2, -0.15) is 5.10 Å². The Morgan fingerprint density at radius 1 is 1.13 bits per heavy atom. The molecule has 1 fully saturated rings. The van der Waals surface area contributed by atoms with Gasteiger partial charge in [0.25, 0.3) is 0 Å². The Hall–Kier alpha value is -1.89. The second-order valence-electron chi connectivity index (χ2n) is 8.29. The van der Waals surface area contributed by atoms with Crippen molar-refractivity contribution in [3.05, 3.63) is 35.4 Å². The van der Waals surface area contributed by atoms with Crippen LogP contribution >= 0.6 is 15.9 Å². The lowest BCUT2D eigenvalue weighted by molar-refractivity contribution is -0.126. The molecule has 1 atom stereocenters. The Kier molecular flexibility index (Phi) is 10.3. The van der Waals surface area contributed by atoms with Gasteiger partial charge in [0.15, 0.2) is 0 Å². The molecule has 1 aliphatic rings. The smallest absolute Gasteiger partial charge is 0.335 e. The lowest BCUT2D eigenvalue weighted by atomic mass is 9.81. The number of nitrogens with one attached hydrogen (secondary N) is 3. The molecule has 2 rings (SSSR count). The van der Waals surface area contributed by atoms with Crippen LogP contribution < -0.4 is 16.1 Å². The summed E-state index contributed by atoms with van der Waals surface area (Å²) < 4.78 is 0. The van der Waals surface area contributed by atoms with Crippen molar-refractivity contribution < 1.29 is 9.59 Å². The van der Waals surface area contributed by atoms with E-state index in [9.17, 15) is 9.59 Å². The van der Waals surface area contributed by atoms with E-state index in [-0.39, 0.29) is 17.9 Å². The molecule has 0 heterocycles. The number of hydrazone groups is 1. The van der Waals surface area contributed by atoms with Gasteiger partial charge in [-0.25, -0.2) is 10.2 Å². The Bertz CT molecular complexity index is 712. The number of carbonyl (C=O) groups excluding carboxylic acids is 2. The van der Waals surface area contributed by atoms with E-state index in [4.69, 9.17) is 0 Å². The van der Waals surface area contributed by atoms with E-state index in [1.807, 2.05) is 0 Å². The van der Waals surface area contributed by atoms with Crippen LogP contribution in [0.2, 0.25) is 0 Å². The third kappa shape index (κ3) is 8.09. The highest BCUT2D eigenvalue weighted by Gasteiger charge is 2.26. The monoisotopic (exact) mass is 478 g/mol. The summed E-state index contributed by atoms with van der Waals surface area (Å²) in [6, 6.07) is 7.96. The molecule has 1 aliphatic carbocycles. The molecule has 1 aromatic rings. The standard InChI is InChI=1S/C23H35BrN4O2/c1-4-17(3)21(13-24)27-28-23(30)26-15-19-9-11-20(12-10-19)22(29)25-14-18-7-5-16(2)6-8-18/h5-8,17,19-20H,4,9-15H2,1-3H3,(H,25,29)(H2,26,28,30)/b27-21-/t17-,19?,20?/m0/s1. The van der Waals surface area contributed by atoms with Crippen LogP contribution in [0.15, 0.2) is 29.4 Å². The molecule has 0 bridgehead atoms. The van der Waals surface area contributed by atoms with Gasteiger partial charge in [0.05, 0.1) is 5.71 Å². The normalized spacial score (nSPS) is 20.3. The fourth-order valence-electron chi connectivity index (χ4n) is 3.57. The highest BCUT2D eigenvalue weighted by atomic mass is 79.9. The quantitative estimate of drug-likeness (QED) is 0.277. The van der Waals surface area contributed by atoms with Crippen molar-refractivity contribution in [1.82, 2.24) is 16.1 Å². The minimum Gasteiger partial charge on any atom is -0.352 e. The summed E-state index contributed by atoms with van der Waals surface area (Å²) in [4.78, 5) is 24.5. The van der Waals surface area contributed by atoms with Crippen molar-refractivity contribution in [2.45, 2.75) is 59.4 Å². The number of carbonyl (C=O) groups is 2. The molecule has 0 radical (unpaired) electrons. The van der Waals surface area contributed by atoms with E-state index in [0.717, 1.165) is 43.4 Å². The average molecular weight is 479 g/mol. The Morgan fingerprint density at radius 2 is 1.80 bits per heavy atom. The number of hydrogen-bond acceptors (Lipinski definition) is 3. The molecule has 0 saturated heterocycles. The lowest BCUT2D eigenvalue weighted by Crippen LogP contribution is -2.39. The van der Waals surface area contributed by atoms with E-state index < -0.39 is 0 Å². The Balaban J connectivity index is 1.66. The molecule has 3 amide bonds. The van der Waals surface area contributed by atoms with Gasteiger partial charge in [0.1, 0.15) is 0 Å². The first-order valence-corrected chi connectivity index (χ1v) is 12.0. The number of amides is 3. The summed E-state index contributed by atoms with van der Waals surface area (Å²) in [5, 5.41) is 10.8. The number of rotatable bonds is 9. The molecule has 0 unspecified atom stereocenters. The van der Waals surface area contributed by atoms with Gasteiger partial charge in [0.2, 0.25) is 5.91 Å². The molecule has 1 aromatic carbocycles. The van der Waals surface area contributed by atoms with Gasteiger partial charge >= 0.3 is 6.03 Å². The highest BCUT2D eigenvalue weighted by molar-refractivity contribution is 9.09. The van der Waals surface area contributed by atoms with Crippen LogP contribution in [0, 0.1) is 24.7 Å².